The average molecular weight is 250 g/mol. The van der Waals surface area contributed by atoms with Gasteiger partial charge in [-0.25, -0.2) is 0 Å². The van der Waals surface area contributed by atoms with E-state index in [-0.39, 0.29) is 17.6 Å². The van der Waals surface area contributed by atoms with Crippen LogP contribution in [0.5, 0.6) is 11.5 Å². The normalized spacial score (nSPS) is 16.0. The molecule has 0 amide bonds. The Morgan fingerprint density at radius 2 is 2.06 bits per heavy atom. The fourth-order valence-corrected chi connectivity index (χ4v) is 1.45. The Labute approximate surface area is 96.3 Å². The lowest BCUT2D eigenvalue weighted by Gasteiger charge is -2.28. The van der Waals surface area contributed by atoms with Crippen LogP contribution in [0.1, 0.15) is 0 Å². The van der Waals surface area contributed by atoms with E-state index < -0.39 is 6.61 Å². The van der Waals surface area contributed by atoms with Crippen LogP contribution in [0.4, 0.5) is 8.78 Å². The summed E-state index contributed by atoms with van der Waals surface area (Å²) in [6.45, 7) is -1.48. The smallest absolute Gasteiger partial charge is 0.387 e. The number of rotatable bonds is 4. The molecule has 0 radical (unpaired) electrons. The maximum Gasteiger partial charge on any atom is 0.387 e. The molecule has 0 spiro atoms. The predicted molar refractivity (Wildman–Crippen MR) is 55.4 cm³/mol. The van der Waals surface area contributed by atoms with Gasteiger partial charge in [-0.2, -0.15) is 8.78 Å². The van der Waals surface area contributed by atoms with E-state index >= 15 is 0 Å². The molecule has 1 aromatic rings. The molecule has 1 N–H and O–H groups in total. The van der Waals surface area contributed by atoms with Crippen LogP contribution in [0, 0.1) is 0 Å². The second-order valence-corrected chi connectivity index (χ2v) is 3.80. The highest BCUT2D eigenvalue weighted by Gasteiger charge is 2.21. The summed E-state index contributed by atoms with van der Waals surface area (Å²) in [5, 5.41) is 3.43. The largest absolute Gasteiger partial charge is 0.484 e. The van der Waals surface area contributed by atoms with E-state index in [1.165, 1.54) is 18.2 Å². The van der Waals surface area contributed by atoms with E-state index in [4.69, 9.17) is 16.3 Å². The Kier molecular flexibility index (Phi) is 3.46. The van der Waals surface area contributed by atoms with Crippen LogP contribution in [0.15, 0.2) is 18.2 Å². The van der Waals surface area contributed by atoms with Gasteiger partial charge in [-0.1, -0.05) is 11.6 Å². The standard InChI is InChI=1S/C10H10ClF2NO2/c11-6-1-2-8(16-10(12)13)9(3-6)15-7-4-14-5-7/h1-3,7,10,14H,4-5H2. The van der Waals surface area contributed by atoms with Gasteiger partial charge in [0.05, 0.1) is 0 Å². The molecule has 6 heteroatoms. The number of hydrogen-bond acceptors (Lipinski definition) is 3. The summed E-state index contributed by atoms with van der Waals surface area (Å²) < 4.78 is 34.0. The first-order valence-electron chi connectivity index (χ1n) is 4.77. The molecule has 1 aliphatic rings. The molecule has 0 unspecified atom stereocenters. The summed E-state index contributed by atoms with van der Waals surface area (Å²) in [7, 11) is 0. The van der Waals surface area contributed by atoms with Crippen molar-refractivity contribution in [2.24, 2.45) is 0 Å². The van der Waals surface area contributed by atoms with Gasteiger partial charge in [-0.05, 0) is 12.1 Å². The van der Waals surface area contributed by atoms with Gasteiger partial charge < -0.3 is 14.8 Å². The molecule has 0 aromatic heterocycles. The Morgan fingerprint density at radius 3 is 2.62 bits per heavy atom. The zero-order valence-electron chi connectivity index (χ0n) is 8.25. The van der Waals surface area contributed by atoms with Crippen molar-refractivity contribution >= 4 is 11.6 Å². The van der Waals surface area contributed by atoms with Crippen LogP contribution < -0.4 is 14.8 Å². The van der Waals surface area contributed by atoms with Gasteiger partial charge in [0.2, 0.25) is 0 Å². The number of hydrogen-bond donors (Lipinski definition) is 1. The lowest BCUT2D eigenvalue weighted by Crippen LogP contribution is -2.50. The second kappa shape index (κ2) is 4.84. The topological polar surface area (TPSA) is 30.5 Å². The Morgan fingerprint density at radius 1 is 1.31 bits per heavy atom. The van der Waals surface area contributed by atoms with Crippen molar-refractivity contribution in [2.45, 2.75) is 12.7 Å². The number of ether oxygens (including phenoxy) is 2. The number of halogens is 3. The molecule has 3 nitrogen and oxygen atoms in total. The van der Waals surface area contributed by atoms with Gasteiger partial charge in [-0.15, -0.1) is 0 Å². The summed E-state index contributed by atoms with van der Waals surface area (Å²) in [6, 6.07) is 4.32. The van der Waals surface area contributed by atoms with Crippen molar-refractivity contribution in [3.8, 4) is 11.5 Å². The van der Waals surface area contributed by atoms with E-state index in [2.05, 4.69) is 10.1 Å². The minimum absolute atomic E-state index is 0.00583. The van der Waals surface area contributed by atoms with Crippen molar-refractivity contribution in [2.75, 3.05) is 13.1 Å². The first kappa shape index (κ1) is 11.4. The highest BCUT2D eigenvalue weighted by molar-refractivity contribution is 6.30. The zero-order chi connectivity index (χ0) is 11.5. The van der Waals surface area contributed by atoms with Crippen LogP contribution in [-0.4, -0.2) is 25.8 Å². The third kappa shape index (κ3) is 2.74. The molecule has 16 heavy (non-hydrogen) atoms. The summed E-state index contributed by atoms with van der Waals surface area (Å²) in [5.41, 5.74) is 0. The van der Waals surface area contributed by atoms with E-state index in [0.29, 0.717) is 18.1 Å². The highest BCUT2D eigenvalue weighted by Crippen LogP contribution is 2.32. The van der Waals surface area contributed by atoms with Crippen LogP contribution in [0.25, 0.3) is 0 Å². The fraction of sp³-hybridized carbons (Fsp3) is 0.400. The van der Waals surface area contributed by atoms with Crippen LogP contribution in [-0.2, 0) is 0 Å². The Bertz CT molecular complexity index is 372. The van der Waals surface area contributed by atoms with E-state index in [9.17, 15) is 8.78 Å². The van der Waals surface area contributed by atoms with Gasteiger partial charge in [0.1, 0.15) is 6.10 Å². The SMILES string of the molecule is FC(F)Oc1ccc(Cl)cc1OC1CNC1. The summed E-state index contributed by atoms with van der Waals surface area (Å²) >= 11 is 5.76. The number of nitrogens with one attached hydrogen (secondary N) is 1. The summed E-state index contributed by atoms with van der Waals surface area (Å²) in [4.78, 5) is 0. The molecular weight excluding hydrogens is 240 g/mol. The quantitative estimate of drug-likeness (QED) is 0.888. The monoisotopic (exact) mass is 249 g/mol. The number of alkyl halides is 2. The van der Waals surface area contributed by atoms with Gasteiger partial charge >= 0.3 is 6.61 Å². The van der Waals surface area contributed by atoms with Crippen LogP contribution in [0.2, 0.25) is 5.02 Å². The molecule has 1 fully saturated rings. The molecule has 1 aliphatic heterocycles. The maximum absolute atomic E-state index is 12.1. The molecule has 0 aliphatic carbocycles. The molecule has 1 aromatic carbocycles. The van der Waals surface area contributed by atoms with Crippen molar-refractivity contribution in [1.82, 2.24) is 5.32 Å². The Balaban J connectivity index is 2.14. The van der Waals surface area contributed by atoms with E-state index in [1.54, 1.807) is 0 Å². The van der Waals surface area contributed by atoms with Gasteiger partial charge in [0.25, 0.3) is 0 Å². The molecule has 1 heterocycles. The predicted octanol–water partition coefficient (Wildman–Crippen LogP) is 2.29. The van der Waals surface area contributed by atoms with E-state index in [0.717, 1.165) is 0 Å². The molecule has 1 saturated heterocycles. The molecule has 88 valence electrons. The van der Waals surface area contributed by atoms with Gasteiger partial charge in [0.15, 0.2) is 11.5 Å². The second-order valence-electron chi connectivity index (χ2n) is 3.37. The first-order valence-corrected chi connectivity index (χ1v) is 5.14. The average Bonchev–Trinajstić information content (AvgIpc) is 2.15. The maximum atomic E-state index is 12.1. The lowest BCUT2D eigenvalue weighted by atomic mass is 10.2. The summed E-state index contributed by atoms with van der Waals surface area (Å²) in [6.07, 6.45) is -0.0153. The zero-order valence-corrected chi connectivity index (χ0v) is 9.01. The highest BCUT2D eigenvalue weighted by atomic mass is 35.5. The number of benzene rings is 1. The fourth-order valence-electron chi connectivity index (χ4n) is 1.29. The van der Waals surface area contributed by atoms with Crippen molar-refractivity contribution in [3.05, 3.63) is 23.2 Å². The van der Waals surface area contributed by atoms with Crippen LogP contribution >= 0.6 is 11.6 Å². The van der Waals surface area contributed by atoms with Crippen molar-refractivity contribution < 1.29 is 18.3 Å². The minimum Gasteiger partial charge on any atom is -0.484 e. The van der Waals surface area contributed by atoms with E-state index in [1.807, 2.05) is 0 Å². The van der Waals surface area contributed by atoms with Crippen molar-refractivity contribution in [3.63, 3.8) is 0 Å². The molecular formula is C10H10ClF2NO2. The Hall–Kier alpha value is -1.07. The molecule has 0 saturated carbocycles. The lowest BCUT2D eigenvalue weighted by molar-refractivity contribution is -0.0524. The minimum atomic E-state index is -2.87. The molecule has 0 bridgehead atoms. The van der Waals surface area contributed by atoms with Gasteiger partial charge in [-0.3, -0.25) is 0 Å². The third-order valence-corrected chi connectivity index (χ3v) is 2.39. The summed E-state index contributed by atoms with van der Waals surface area (Å²) in [5.74, 6) is 0.255. The van der Waals surface area contributed by atoms with Gasteiger partial charge in [0, 0.05) is 24.2 Å². The third-order valence-electron chi connectivity index (χ3n) is 2.16. The molecule has 2 rings (SSSR count). The molecule has 0 atom stereocenters. The van der Waals surface area contributed by atoms with Crippen LogP contribution in [0.3, 0.4) is 0 Å². The first-order chi connectivity index (χ1) is 7.65. The van der Waals surface area contributed by atoms with Crippen molar-refractivity contribution in [1.29, 1.82) is 0 Å².